The van der Waals surface area contributed by atoms with Crippen LogP contribution in [-0.2, 0) is 0 Å². The van der Waals surface area contributed by atoms with Crippen molar-refractivity contribution in [3.05, 3.63) is 0 Å². The number of fused-ring (bicyclic) bond motifs is 2. The highest BCUT2D eigenvalue weighted by Crippen LogP contribution is 2.48. The van der Waals surface area contributed by atoms with Crippen molar-refractivity contribution in [1.29, 1.82) is 0 Å². The Hall–Kier alpha value is 0.250. The smallest absolute Gasteiger partial charge is 0.00982 e. The molecule has 0 unspecified atom stereocenters. The topological polar surface area (TPSA) is 26.0 Å². The van der Waals surface area contributed by atoms with Crippen molar-refractivity contribution in [3.63, 3.8) is 0 Å². The van der Waals surface area contributed by atoms with E-state index < -0.39 is 0 Å². The Morgan fingerprint density at radius 1 is 1.27 bits per heavy atom. The Kier molecular flexibility index (Phi) is 2.82. The average molecular weight is 176 g/mol. The second-order valence-electron chi connectivity index (χ2n) is 3.98. The van der Waals surface area contributed by atoms with Crippen LogP contribution in [0.3, 0.4) is 0 Å². The lowest BCUT2D eigenvalue weighted by Crippen LogP contribution is -2.35. The molecule has 1 nitrogen and oxygen atoms in total. The zero-order valence-corrected chi connectivity index (χ0v) is 7.94. The van der Waals surface area contributed by atoms with E-state index in [1.165, 1.54) is 25.7 Å². The molecule has 0 aliphatic heterocycles. The van der Waals surface area contributed by atoms with Crippen molar-refractivity contribution in [2.75, 3.05) is 0 Å². The summed E-state index contributed by atoms with van der Waals surface area (Å²) in [6.45, 7) is 2.28. The summed E-state index contributed by atoms with van der Waals surface area (Å²) in [5.41, 5.74) is 6.07. The van der Waals surface area contributed by atoms with Crippen LogP contribution in [0.25, 0.3) is 0 Å². The summed E-state index contributed by atoms with van der Waals surface area (Å²) >= 11 is 0. The number of hydrogen-bond acceptors (Lipinski definition) is 1. The minimum atomic E-state index is 0. The van der Waals surface area contributed by atoms with Crippen molar-refractivity contribution in [2.45, 2.75) is 38.6 Å². The predicted octanol–water partition coefficient (Wildman–Crippen LogP) is 2.19. The monoisotopic (exact) mass is 175 g/mol. The van der Waals surface area contributed by atoms with Gasteiger partial charge in [0, 0.05) is 6.04 Å². The average Bonchev–Trinajstić information content (AvgIpc) is 2.46. The first-order valence-electron chi connectivity index (χ1n) is 4.58. The van der Waals surface area contributed by atoms with Gasteiger partial charge in [-0.25, -0.2) is 0 Å². The largest absolute Gasteiger partial charge is 0.327 e. The minimum absolute atomic E-state index is 0. The molecule has 11 heavy (non-hydrogen) atoms. The van der Waals surface area contributed by atoms with Gasteiger partial charge >= 0.3 is 0 Å². The zero-order valence-electron chi connectivity index (χ0n) is 7.12. The van der Waals surface area contributed by atoms with E-state index in [9.17, 15) is 0 Å². The van der Waals surface area contributed by atoms with Crippen molar-refractivity contribution in [3.8, 4) is 0 Å². The van der Waals surface area contributed by atoms with Gasteiger partial charge in [-0.2, -0.15) is 0 Å². The molecule has 0 heterocycles. The number of nitrogens with two attached hydrogens (primary N) is 1. The van der Waals surface area contributed by atoms with Crippen molar-refractivity contribution in [1.82, 2.24) is 0 Å². The lowest BCUT2D eigenvalue weighted by molar-refractivity contribution is 0.281. The van der Waals surface area contributed by atoms with E-state index >= 15 is 0 Å². The summed E-state index contributed by atoms with van der Waals surface area (Å²) in [6, 6.07) is 0.559. The maximum absolute atomic E-state index is 6.07. The van der Waals surface area contributed by atoms with Gasteiger partial charge in [0.15, 0.2) is 0 Å². The molecule has 2 bridgehead atoms. The molecular formula is C9H18ClN. The molecule has 0 saturated heterocycles. The van der Waals surface area contributed by atoms with E-state index in [-0.39, 0.29) is 12.4 Å². The van der Waals surface area contributed by atoms with Crippen LogP contribution in [0.5, 0.6) is 0 Å². The zero-order chi connectivity index (χ0) is 7.14. The van der Waals surface area contributed by atoms with Crippen LogP contribution in [0.4, 0.5) is 0 Å². The van der Waals surface area contributed by atoms with Crippen molar-refractivity contribution in [2.24, 2.45) is 23.5 Å². The second kappa shape index (κ2) is 3.32. The molecular weight excluding hydrogens is 158 g/mol. The molecule has 2 rings (SSSR count). The van der Waals surface area contributed by atoms with Gasteiger partial charge in [-0.05, 0) is 37.0 Å². The fourth-order valence-corrected chi connectivity index (χ4v) is 3.06. The summed E-state index contributed by atoms with van der Waals surface area (Å²) in [7, 11) is 0. The molecule has 0 aromatic rings. The summed E-state index contributed by atoms with van der Waals surface area (Å²) in [6.07, 6.45) is 5.64. The standard InChI is InChI=1S/C9H17N.ClH/c1-2-8-6-3-4-7(5-6)9(8)10;/h6-9H,2-5,10H2,1H3;1H/t6-,7+,8-,9+;/m1./s1. The Balaban J connectivity index is 0.000000605. The van der Waals surface area contributed by atoms with Crippen LogP contribution < -0.4 is 5.73 Å². The minimum Gasteiger partial charge on any atom is -0.327 e. The Bertz CT molecular complexity index is 136. The summed E-state index contributed by atoms with van der Waals surface area (Å²) < 4.78 is 0. The van der Waals surface area contributed by atoms with Crippen LogP contribution in [0.1, 0.15) is 32.6 Å². The van der Waals surface area contributed by atoms with E-state index in [4.69, 9.17) is 5.73 Å². The Labute approximate surface area is 75.1 Å². The van der Waals surface area contributed by atoms with Crippen molar-refractivity contribution < 1.29 is 0 Å². The van der Waals surface area contributed by atoms with Gasteiger partial charge in [-0.3, -0.25) is 0 Å². The fourth-order valence-electron chi connectivity index (χ4n) is 3.06. The second-order valence-corrected chi connectivity index (χ2v) is 3.98. The van der Waals surface area contributed by atoms with Crippen LogP contribution in [0.2, 0.25) is 0 Å². The molecule has 2 N–H and O–H groups in total. The molecule has 4 atom stereocenters. The van der Waals surface area contributed by atoms with E-state index in [0.29, 0.717) is 6.04 Å². The number of halogens is 1. The van der Waals surface area contributed by atoms with Gasteiger partial charge in [0.05, 0.1) is 0 Å². The van der Waals surface area contributed by atoms with Gasteiger partial charge in [0.2, 0.25) is 0 Å². The highest BCUT2D eigenvalue weighted by molar-refractivity contribution is 5.85. The van der Waals surface area contributed by atoms with E-state index in [1.807, 2.05) is 0 Å². The third kappa shape index (κ3) is 1.29. The Morgan fingerprint density at radius 3 is 2.27 bits per heavy atom. The maximum Gasteiger partial charge on any atom is 0.00982 e. The van der Waals surface area contributed by atoms with E-state index in [1.54, 1.807) is 0 Å². The van der Waals surface area contributed by atoms with E-state index in [2.05, 4.69) is 6.92 Å². The predicted molar refractivity (Wildman–Crippen MR) is 49.8 cm³/mol. The summed E-state index contributed by atoms with van der Waals surface area (Å²) in [5, 5.41) is 0. The first-order valence-corrected chi connectivity index (χ1v) is 4.58. The van der Waals surface area contributed by atoms with Crippen LogP contribution >= 0.6 is 12.4 Å². The van der Waals surface area contributed by atoms with Crippen LogP contribution in [0.15, 0.2) is 0 Å². The lowest BCUT2D eigenvalue weighted by atomic mass is 9.83. The highest BCUT2D eigenvalue weighted by atomic mass is 35.5. The molecule has 66 valence electrons. The lowest BCUT2D eigenvalue weighted by Gasteiger charge is -2.26. The molecule has 0 aromatic carbocycles. The molecule has 2 aliphatic carbocycles. The van der Waals surface area contributed by atoms with Gasteiger partial charge in [-0.1, -0.05) is 13.3 Å². The van der Waals surface area contributed by atoms with Gasteiger partial charge < -0.3 is 5.73 Å². The number of hydrogen-bond donors (Lipinski definition) is 1. The van der Waals surface area contributed by atoms with Gasteiger partial charge in [0.25, 0.3) is 0 Å². The first-order chi connectivity index (χ1) is 4.83. The number of rotatable bonds is 1. The SMILES string of the molecule is CC[C@@H]1[C@@H]2CC[C@@H](C2)[C@@H]1N.Cl. The molecule has 2 heteroatoms. The van der Waals surface area contributed by atoms with Crippen LogP contribution in [-0.4, -0.2) is 6.04 Å². The quantitative estimate of drug-likeness (QED) is 0.650. The molecule has 0 radical (unpaired) electrons. The molecule has 2 saturated carbocycles. The fraction of sp³-hybridized carbons (Fsp3) is 1.00. The third-order valence-electron chi connectivity index (χ3n) is 3.63. The van der Waals surface area contributed by atoms with Gasteiger partial charge in [-0.15, -0.1) is 12.4 Å². The summed E-state index contributed by atoms with van der Waals surface area (Å²) in [5.74, 6) is 2.78. The molecule has 0 aromatic heterocycles. The maximum atomic E-state index is 6.07. The molecule has 0 amide bonds. The molecule has 2 fully saturated rings. The first kappa shape index (κ1) is 9.34. The normalized spacial score (nSPS) is 47.5. The highest BCUT2D eigenvalue weighted by Gasteiger charge is 2.44. The molecule has 0 spiro atoms. The third-order valence-corrected chi connectivity index (χ3v) is 3.63. The van der Waals surface area contributed by atoms with Gasteiger partial charge in [0.1, 0.15) is 0 Å². The van der Waals surface area contributed by atoms with Crippen molar-refractivity contribution >= 4 is 12.4 Å². The molecule has 2 aliphatic rings. The van der Waals surface area contributed by atoms with E-state index in [0.717, 1.165) is 17.8 Å². The van der Waals surface area contributed by atoms with Crippen LogP contribution in [0, 0.1) is 17.8 Å². The summed E-state index contributed by atoms with van der Waals surface area (Å²) in [4.78, 5) is 0. The Morgan fingerprint density at radius 2 is 1.91 bits per heavy atom.